The van der Waals surface area contributed by atoms with Gasteiger partial charge < -0.3 is 4.74 Å². The molecule has 0 aromatic carbocycles. The smallest absolute Gasteiger partial charge is 0.316 e. The number of halogens is 1. The zero-order valence-corrected chi connectivity index (χ0v) is 23.1. The Morgan fingerprint density at radius 1 is 0.938 bits per heavy atom. The molecule has 4 aliphatic rings. The SMILES string of the molecule is CC(C)CCC[C@@H](C)[C@H]1CC[C@H]2[C@@H]3CC[C@H]4C[C@H](OC(=O)CBr)CC[C@]4(C)[C@H]3CC[C@]12C. The number of ether oxygens (including phenoxy) is 1. The van der Waals surface area contributed by atoms with E-state index >= 15 is 0 Å². The van der Waals surface area contributed by atoms with Crippen molar-refractivity contribution in [2.45, 2.75) is 118 Å². The number of esters is 1. The summed E-state index contributed by atoms with van der Waals surface area (Å²) in [5, 5.41) is 0.327. The molecule has 4 saturated carbocycles. The van der Waals surface area contributed by atoms with Gasteiger partial charge in [-0.2, -0.15) is 0 Å². The third-order valence-electron chi connectivity index (χ3n) is 11.2. The van der Waals surface area contributed by atoms with E-state index in [0.29, 0.717) is 16.2 Å². The van der Waals surface area contributed by atoms with Crippen molar-refractivity contribution in [1.82, 2.24) is 0 Å². The van der Waals surface area contributed by atoms with Crippen LogP contribution >= 0.6 is 15.9 Å². The van der Waals surface area contributed by atoms with Crippen LogP contribution < -0.4 is 0 Å². The minimum absolute atomic E-state index is 0.0831. The number of carbonyl (C=O) groups excluding carboxylic acids is 1. The van der Waals surface area contributed by atoms with Crippen molar-refractivity contribution in [3.8, 4) is 0 Å². The quantitative estimate of drug-likeness (QED) is 0.254. The maximum absolute atomic E-state index is 11.8. The molecule has 0 heterocycles. The van der Waals surface area contributed by atoms with Crippen LogP contribution in [0.1, 0.15) is 112 Å². The molecule has 2 nitrogen and oxygen atoms in total. The fourth-order valence-corrected chi connectivity index (χ4v) is 9.70. The molecule has 0 unspecified atom stereocenters. The molecule has 0 radical (unpaired) electrons. The van der Waals surface area contributed by atoms with E-state index in [1.54, 1.807) is 0 Å². The predicted octanol–water partition coefficient (Wildman–Crippen LogP) is 8.41. The summed E-state index contributed by atoms with van der Waals surface area (Å²) in [6, 6.07) is 0. The molecule has 0 N–H and O–H groups in total. The van der Waals surface area contributed by atoms with E-state index < -0.39 is 0 Å². The summed E-state index contributed by atoms with van der Waals surface area (Å²) in [5.74, 6) is 6.17. The summed E-state index contributed by atoms with van der Waals surface area (Å²) in [6.45, 7) is 12.7. The molecule has 4 aliphatic carbocycles. The fraction of sp³-hybridized carbons (Fsp3) is 0.966. The average molecular weight is 510 g/mol. The highest BCUT2D eigenvalue weighted by molar-refractivity contribution is 9.09. The first-order valence-electron chi connectivity index (χ1n) is 13.9. The Morgan fingerprint density at radius 2 is 1.66 bits per heavy atom. The summed E-state index contributed by atoms with van der Waals surface area (Å²) in [4.78, 5) is 11.8. The third kappa shape index (κ3) is 4.59. The van der Waals surface area contributed by atoms with Crippen molar-refractivity contribution in [2.24, 2.45) is 52.3 Å². The van der Waals surface area contributed by atoms with Crippen LogP contribution in [0.2, 0.25) is 0 Å². The lowest BCUT2D eigenvalue weighted by atomic mass is 9.44. The molecule has 0 saturated heterocycles. The third-order valence-corrected chi connectivity index (χ3v) is 11.7. The Labute approximate surface area is 206 Å². The minimum atomic E-state index is -0.0831. The lowest BCUT2D eigenvalue weighted by Crippen LogP contribution is -2.54. The molecule has 4 rings (SSSR count). The van der Waals surface area contributed by atoms with E-state index in [9.17, 15) is 4.79 Å². The van der Waals surface area contributed by atoms with Gasteiger partial charge in [-0.05, 0) is 110 Å². The standard InChI is InChI=1S/C29H49BrO2/c1-19(2)7-6-8-20(3)24-11-12-25-23-10-9-21-17-22(32-27(31)18-30)13-15-28(21,4)26(23)14-16-29(24,25)5/h19-26H,6-18H2,1-5H3/t20-,21+,22-,23+,24-,25+,26+,28+,29-/m1/s1. The van der Waals surface area contributed by atoms with Gasteiger partial charge in [0.1, 0.15) is 11.4 Å². The van der Waals surface area contributed by atoms with Gasteiger partial charge in [0.2, 0.25) is 0 Å². The maximum Gasteiger partial charge on any atom is 0.316 e. The predicted molar refractivity (Wildman–Crippen MR) is 137 cm³/mol. The average Bonchev–Trinajstić information content (AvgIpc) is 3.11. The summed E-state index contributed by atoms with van der Waals surface area (Å²) < 4.78 is 5.76. The molecule has 0 amide bonds. The van der Waals surface area contributed by atoms with E-state index in [1.807, 2.05) is 0 Å². The molecule has 0 aromatic rings. The van der Waals surface area contributed by atoms with Crippen molar-refractivity contribution < 1.29 is 9.53 Å². The molecule has 0 aromatic heterocycles. The second-order valence-electron chi connectivity index (χ2n) is 13.2. The Kier molecular flexibility index (Phi) is 7.75. The van der Waals surface area contributed by atoms with Crippen molar-refractivity contribution in [2.75, 3.05) is 5.33 Å². The molecule has 184 valence electrons. The Balaban J connectivity index is 1.42. The largest absolute Gasteiger partial charge is 0.462 e. The highest BCUT2D eigenvalue weighted by Gasteiger charge is 2.60. The normalized spacial score (nSPS) is 44.5. The Hall–Kier alpha value is -0.0500. The molecule has 0 bridgehead atoms. The molecule has 9 atom stereocenters. The first kappa shape index (κ1) is 25.1. The van der Waals surface area contributed by atoms with E-state index in [0.717, 1.165) is 54.3 Å². The van der Waals surface area contributed by atoms with Crippen molar-refractivity contribution >= 4 is 21.9 Å². The van der Waals surface area contributed by atoms with Crippen molar-refractivity contribution in [3.05, 3.63) is 0 Å². The second-order valence-corrected chi connectivity index (χ2v) is 13.8. The molecule has 0 spiro atoms. The molecule has 4 fully saturated rings. The van der Waals surface area contributed by atoms with Gasteiger partial charge in [-0.15, -0.1) is 0 Å². The number of carbonyl (C=O) groups is 1. The summed E-state index contributed by atoms with van der Waals surface area (Å²) in [6.07, 6.45) is 16.5. The van der Waals surface area contributed by atoms with Crippen LogP contribution in [0.4, 0.5) is 0 Å². The maximum atomic E-state index is 11.8. The van der Waals surface area contributed by atoms with Crippen LogP contribution in [-0.2, 0) is 9.53 Å². The van der Waals surface area contributed by atoms with E-state index in [1.165, 1.54) is 64.2 Å². The number of alkyl halides is 1. The van der Waals surface area contributed by atoms with Crippen LogP contribution in [0.3, 0.4) is 0 Å². The van der Waals surface area contributed by atoms with Crippen LogP contribution in [-0.4, -0.2) is 17.4 Å². The number of hydrogen-bond donors (Lipinski definition) is 0. The fourth-order valence-electron chi connectivity index (χ4n) is 9.57. The topological polar surface area (TPSA) is 26.3 Å². The van der Waals surface area contributed by atoms with Gasteiger partial charge in [-0.1, -0.05) is 69.8 Å². The highest BCUT2D eigenvalue weighted by atomic mass is 79.9. The molecule has 32 heavy (non-hydrogen) atoms. The molecule has 3 heteroatoms. The Morgan fingerprint density at radius 3 is 2.38 bits per heavy atom. The van der Waals surface area contributed by atoms with Crippen LogP contribution in [0.25, 0.3) is 0 Å². The van der Waals surface area contributed by atoms with Gasteiger partial charge in [0.15, 0.2) is 0 Å². The lowest BCUT2D eigenvalue weighted by Gasteiger charge is -2.61. The highest BCUT2D eigenvalue weighted by Crippen LogP contribution is 2.68. The lowest BCUT2D eigenvalue weighted by molar-refractivity contribution is -0.160. The van der Waals surface area contributed by atoms with Crippen LogP contribution in [0.15, 0.2) is 0 Å². The van der Waals surface area contributed by atoms with Gasteiger partial charge >= 0.3 is 5.97 Å². The molecular weight excluding hydrogens is 460 g/mol. The summed E-state index contributed by atoms with van der Waals surface area (Å²) in [5.41, 5.74) is 1.06. The number of hydrogen-bond acceptors (Lipinski definition) is 2. The van der Waals surface area contributed by atoms with E-state index in [4.69, 9.17) is 4.74 Å². The van der Waals surface area contributed by atoms with Gasteiger partial charge in [0.05, 0.1) is 0 Å². The van der Waals surface area contributed by atoms with E-state index in [2.05, 4.69) is 50.5 Å². The Bertz CT molecular complexity index is 662. The van der Waals surface area contributed by atoms with Gasteiger partial charge in [-0.3, -0.25) is 4.79 Å². The van der Waals surface area contributed by atoms with Gasteiger partial charge in [-0.25, -0.2) is 0 Å². The van der Waals surface area contributed by atoms with E-state index in [-0.39, 0.29) is 12.1 Å². The van der Waals surface area contributed by atoms with Gasteiger partial charge in [0.25, 0.3) is 0 Å². The van der Waals surface area contributed by atoms with Gasteiger partial charge in [0, 0.05) is 0 Å². The first-order valence-corrected chi connectivity index (χ1v) is 15.1. The van der Waals surface area contributed by atoms with Crippen molar-refractivity contribution in [3.63, 3.8) is 0 Å². The first-order chi connectivity index (χ1) is 15.2. The monoisotopic (exact) mass is 508 g/mol. The number of fused-ring (bicyclic) bond motifs is 5. The summed E-state index contributed by atoms with van der Waals surface area (Å²) in [7, 11) is 0. The van der Waals surface area contributed by atoms with Crippen LogP contribution in [0.5, 0.6) is 0 Å². The summed E-state index contributed by atoms with van der Waals surface area (Å²) >= 11 is 3.26. The van der Waals surface area contributed by atoms with Crippen molar-refractivity contribution in [1.29, 1.82) is 0 Å². The minimum Gasteiger partial charge on any atom is -0.462 e. The number of rotatable bonds is 7. The van der Waals surface area contributed by atoms with Crippen LogP contribution in [0, 0.1) is 52.3 Å². The second kappa shape index (κ2) is 9.90. The zero-order valence-electron chi connectivity index (χ0n) is 21.5. The zero-order chi connectivity index (χ0) is 23.1. The molecule has 0 aliphatic heterocycles. The molecular formula is C29H49BrO2.